The van der Waals surface area contributed by atoms with Crippen LogP contribution in [-0.4, -0.2) is 57.3 Å². The molecule has 216 valence electrons. The van der Waals surface area contributed by atoms with Gasteiger partial charge in [-0.1, -0.05) is 30.1 Å². The van der Waals surface area contributed by atoms with Gasteiger partial charge in [-0.05, 0) is 92.9 Å². The molecule has 8 nitrogen and oxygen atoms in total. The lowest BCUT2D eigenvalue weighted by atomic mass is 9.41. The summed E-state index contributed by atoms with van der Waals surface area (Å²) >= 11 is 12.2. The minimum Gasteiger partial charge on any atom is -0.458 e. The molecule has 4 N–H and O–H groups in total. The Morgan fingerprint density at radius 3 is 2.60 bits per heavy atom. The molecule has 1 amide bonds. The second-order valence-electron chi connectivity index (χ2n) is 12.8. The van der Waals surface area contributed by atoms with Crippen molar-refractivity contribution >= 4 is 41.3 Å². The summed E-state index contributed by atoms with van der Waals surface area (Å²) in [5, 5.41) is 40.2. The van der Waals surface area contributed by atoms with Crippen molar-refractivity contribution in [2.75, 3.05) is 6.61 Å². The van der Waals surface area contributed by atoms with Crippen LogP contribution in [0.15, 0.2) is 34.9 Å². The molecule has 0 aromatic heterocycles. The molecule has 8 atom stereocenters. The molecule has 0 spiro atoms. The number of hydrogen-bond donors (Lipinski definition) is 4. The Morgan fingerprint density at radius 2 is 1.88 bits per heavy atom. The van der Waals surface area contributed by atoms with Crippen LogP contribution < -0.4 is 5.43 Å². The van der Waals surface area contributed by atoms with Crippen molar-refractivity contribution in [1.82, 2.24) is 5.43 Å². The number of ether oxygens (including phenoxy) is 1. The molecule has 5 aliphatic rings. The molecule has 0 bridgehead atoms. The number of carbonyl (C=O) groups excluding carboxylic acids is 2. The van der Waals surface area contributed by atoms with E-state index in [9.17, 15) is 24.9 Å². The van der Waals surface area contributed by atoms with E-state index in [0.29, 0.717) is 37.1 Å². The van der Waals surface area contributed by atoms with Crippen LogP contribution in [0.25, 0.3) is 0 Å². The van der Waals surface area contributed by atoms with E-state index in [-0.39, 0.29) is 47.3 Å². The molecule has 1 aromatic rings. The fourth-order valence-electron chi connectivity index (χ4n) is 9.30. The Labute approximate surface area is 243 Å². The van der Waals surface area contributed by atoms with Crippen LogP contribution in [0.2, 0.25) is 10.0 Å². The number of hydrogen-bond acceptors (Lipinski definition) is 7. The first-order valence-electron chi connectivity index (χ1n) is 14.2. The van der Waals surface area contributed by atoms with Crippen LogP contribution >= 0.6 is 23.2 Å². The number of carbonyl (C=O) groups is 2. The fraction of sp³-hybridized carbons (Fsp3) is 0.633. The lowest BCUT2D eigenvalue weighted by molar-refractivity contribution is -0.237. The zero-order valence-electron chi connectivity index (χ0n) is 22.5. The van der Waals surface area contributed by atoms with Gasteiger partial charge in [-0.2, -0.15) is 5.10 Å². The molecule has 1 heterocycles. The quantitative estimate of drug-likeness (QED) is 0.233. The summed E-state index contributed by atoms with van der Waals surface area (Å²) in [6.45, 7) is 2.43. The predicted molar refractivity (Wildman–Crippen MR) is 150 cm³/mol. The summed E-state index contributed by atoms with van der Waals surface area (Å²) in [4.78, 5) is 24.7. The van der Waals surface area contributed by atoms with Crippen molar-refractivity contribution in [3.8, 4) is 0 Å². The van der Waals surface area contributed by atoms with Gasteiger partial charge in [0, 0.05) is 34.6 Å². The summed E-state index contributed by atoms with van der Waals surface area (Å²) in [5.74, 6) is -0.935. The third kappa shape index (κ3) is 4.09. The van der Waals surface area contributed by atoms with Gasteiger partial charge in [-0.3, -0.25) is 4.79 Å². The Kier molecular flexibility index (Phi) is 6.90. The maximum absolute atomic E-state index is 12.9. The molecule has 6 rings (SSSR count). The van der Waals surface area contributed by atoms with Crippen LogP contribution in [0.5, 0.6) is 0 Å². The first-order chi connectivity index (χ1) is 18.9. The summed E-state index contributed by atoms with van der Waals surface area (Å²) < 4.78 is 5.22. The van der Waals surface area contributed by atoms with E-state index in [0.717, 1.165) is 24.8 Å². The number of nitrogens with one attached hydrogen (secondary N) is 1. The first kappa shape index (κ1) is 28.2. The maximum atomic E-state index is 12.9. The molecular formula is C30H36Cl2N2O6. The molecular weight excluding hydrogens is 555 g/mol. The molecule has 10 heteroatoms. The average molecular weight is 592 g/mol. The van der Waals surface area contributed by atoms with Gasteiger partial charge in [0.1, 0.15) is 6.61 Å². The summed E-state index contributed by atoms with van der Waals surface area (Å²) in [6, 6.07) is 4.60. The molecule has 40 heavy (non-hydrogen) atoms. The van der Waals surface area contributed by atoms with E-state index in [1.165, 1.54) is 12.1 Å². The Bertz CT molecular complexity index is 1300. The number of amides is 1. The normalized spacial score (nSPS) is 42.5. The van der Waals surface area contributed by atoms with E-state index in [1.54, 1.807) is 18.4 Å². The van der Waals surface area contributed by atoms with Gasteiger partial charge in [0.15, 0.2) is 0 Å². The summed E-state index contributed by atoms with van der Waals surface area (Å²) in [5.41, 5.74) is 0.345. The van der Waals surface area contributed by atoms with E-state index in [4.69, 9.17) is 27.9 Å². The zero-order chi connectivity index (χ0) is 28.5. The minimum absolute atomic E-state index is 0.0620. The Balaban J connectivity index is 1.32. The third-order valence-electron chi connectivity index (χ3n) is 11.3. The number of fused-ring (bicyclic) bond motifs is 5. The van der Waals surface area contributed by atoms with Gasteiger partial charge in [0.25, 0.3) is 5.91 Å². The zero-order valence-corrected chi connectivity index (χ0v) is 24.0. The van der Waals surface area contributed by atoms with E-state index < -0.39 is 34.0 Å². The number of rotatable bonds is 4. The molecule has 1 aromatic carbocycles. The number of hydrazone groups is 1. The SMILES string of the molecule is CC12CCC3C(CCC4(O)CC(O)CCC34C=NNC(=O)c3ccc(Cl)cc3Cl)C1(O)CCC2C1=CC(=O)OC1. The molecule has 8 unspecified atom stereocenters. The fourth-order valence-corrected chi connectivity index (χ4v) is 9.79. The van der Waals surface area contributed by atoms with Crippen molar-refractivity contribution in [3.63, 3.8) is 0 Å². The largest absolute Gasteiger partial charge is 0.458 e. The lowest BCUT2D eigenvalue weighted by Crippen LogP contribution is -2.68. The molecule has 4 aliphatic carbocycles. The predicted octanol–water partition coefficient (Wildman–Crippen LogP) is 4.42. The highest BCUT2D eigenvalue weighted by Crippen LogP contribution is 2.70. The number of benzene rings is 1. The Morgan fingerprint density at radius 1 is 1.10 bits per heavy atom. The highest BCUT2D eigenvalue weighted by molar-refractivity contribution is 6.36. The first-order valence-corrected chi connectivity index (χ1v) is 15.0. The number of halogens is 2. The van der Waals surface area contributed by atoms with Gasteiger partial charge in [-0.25, -0.2) is 10.2 Å². The second-order valence-corrected chi connectivity index (χ2v) is 13.7. The average Bonchev–Trinajstić information content (AvgIpc) is 3.43. The smallest absolute Gasteiger partial charge is 0.331 e. The third-order valence-corrected chi connectivity index (χ3v) is 11.8. The second kappa shape index (κ2) is 9.80. The summed E-state index contributed by atoms with van der Waals surface area (Å²) in [7, 11) is 0. The molecule has 4 fully saturated rings. The highest BCUT2D eigenvalue weighted by atomic mass is 35.5. The van der Waals surface area contributed by atoms with Gasteiger partial charge in [-0.15, -0.1) is 0 Å². The van der Waals surface area contributed by atoms with Crippen LogP contribution in [0, 0.1) is 28.6 Å². The standard InChI is InChI=1S/C30H36Cl2N2O6/c1-27-8-5-22-23(30(27,39)11-7-21(27)17-12-25(36)40-15-17)6-10-29(38)14-19(35)4-9-28(22,29)16-33-34-26(37)20-3-2-18(31)13-24(20)32/h2-3,12-13,16,19,21-23,35,38-39H,4-11,14-15H2,1H3,(H,34,37). The maximum Gasteiger partial charge on any atom is 0.331 e. The number of cyclic esters (lactones) is 1. The molecule has 1 aliphatic heterocycles. The Hall–Kier alpha value is -1.97. The van der Waals surface area contributed by atoms with Crippen molar-refractivity contribution in [2.24, 2.45) is 33.7 Å². The van der Waals surface area contributed by atoms with E-state index in [2.05, 4.69) is 17.5 Å². The number of nitrogens with zero attached hydrogens (tertiary/aromatic N) is 1. The lowest BCUT2D eigenvalue weighted by Gasteiger charge is -2.65. The van der Waals surface area contributed by atoms with Crippen LogP contribution in [0.1, 0.15) is 75.1 Å². The van der Waals surface area contributed by atoms with Crippen molar-refractivity contribution in [2.45, 2.75) is 82.0 Å². The molecule has 4 saturated carbocycles. The topological polar surface area (TPSA) is 128 Å². The van der Waals surface area contributed by atoms with Crippen LogP contribution in [0.3, 0.4) is 0 Å². The van der Waals surface area contributed by atoms with Crippen molar-refractivity contribution in [1.29, 1.82) is 0 Å². The van der Waals surface area contributed by atoms with E-state index >= 15 is 0 Å². The number of esters is 1. The highest BCUT2D eigenvalue weighted by Gasteiger charge is 2.71. The number of aliphatic hydroxyl groups excluding tert-OH is 1. The van der Waals surface area contributed by atoms with Gasteiger partial charge in [0.05, 0.1) is 27.9 Å². The summed E-state index contributed by atoms with van der Waals surface area (Å²) in [6.07, 6.45) is 7.80. The monoisotopic (exact) mass is 590 g/mol. The molecule has 0 saturated heterocycles. The van der Waals surface area contributed by atoms with Gasteiger partial charge < -0.3 is 20.1 Å². The minimum atomic E-state index is -1.21. The van der Waals surface area contributed by atoms with Crippen LogP contribution in [0.4, 0.5) is 0 Å². The van der Waals surface area contributed by atoms with Crippen molar-refractivity contribution in [3.05, 3.63) is 45.5 Å². The van der Waals surface area contributed by atoms with Crippen molar-refractivity contribution < 1.29 is 29.6 Å². The molecule has 0 radical (unpaired) electrons. The van der Waals surface area contributed by atoms with Crippen LogP contribution in [-0.2, 0) is 9.53 Å². The van der Waals surface area contributed by atoms with E-state index in [1.807, 2.05) is 0 Å². The van der Waals surface area contributed by atoms with Gasteiger partial charge in [0.2, 0.25) is 0 Å². The number of aliphatic hydroxyl groups is 3. The van der Waals surface area contributed by atoms with Gasteiger partial charge >= 0.3 is 5.97 Å².